The number of carbonyl (C=O) groups excluding carboxylic acids is 4. The monoisotopic (exact) mass is 906 g/mol. The van der Waals surface area contributed by atoms with Gasteiger partial charge in [0.25, 0.3) is 0 Å². The minimum Gasteiger partial charge on any atom is -0.495 e. The molecule has 7 rings (SSSR count). The number of ether oxygens (including phenoxy) is 4. The molecule has 7 aromatic rings. The number of aromatic nitrogens is 4. The summed E-state index contributed by atoms with van der Waals surface area (Å²) in [7, 11) is 5.82. The number of methoxy groups -OCH3 is 4. The van der Waals surface area contributed by atoms with Crippen LogP contribution in [0.25, 0.3) is 41.3 Å². The summed E-state index contributed by atoms with van der Waals surface area (Å²) in [5.74, 6) is 1.98. The van der Waals surface area contributed by atoms with Crippen LogP contribution < -0.4 is 20.1 Å². The maximum absolute atomic E-state index is 14.0. The number of hydrogen-bond acceptors (Lipinski definition) is 12. The maximum atomic E-state index is 14.0. The standard InChI is InChI=1S/C46H50N8O8S2/c1-7-19-53(43(55)37(51-45(57)61-5)27-15-11-9-12-16-27)25-35-47-23-31(49-35)33-21-29-39(59-3)42-30(40(60-4)41(29)63-33)22-34(64-42)32-24-48-36(50-32)26-54(20-8-2)44(56)38(52-46(58)62-6)28-17-13-10-14-18-28/h9-18,21-24,37-38H,7-8,19-20,25-26H2,1-6H3,(H,47,49)(H,48,50)(H,51,57)(H,52,58). The largest absolute Gasteiger partial charge is 0.495 e. The topological polar surface area (TPSA) is 193 Å². The fourth-order valence-corrected chi connectivity index (χ4v) is 9.84. The van der Waals surface area contributed by atoms with E-state index in [1.807, 2.05) is 62.4 Å². The van der Waals surface area contributed by atoms with E-state index in [0.717, 1.165) is 41.3 Å². The van der Waals surface area contributed by atoms with E-state index in [0.29, 0.717) is 60.2 Å². The molecule has 64 heavy (non-hydrogen) atoms. The molecule has 4 heterocycles. The zero-order chi connectivity index (χ0) is 45.3. The van der Waals surface area contributed by atoms with Crippen LogP contribution in [-0.4, -0.2) is 95.3 Å². The molecule has 0 radical (unpaired) electrons. The van der Waals surface area contributed by atoms with Gasteiger partial charge in [-0.05, 0) is 36.1 Å². The van der Waals surface area contributed by atoms with E-state index in [-0.39, 0.29) is 24.9 Å². The maximum Gasteiger partial charge on any atom is 0.407 e. The smallest absolute Gasteiger partial charge is 0.407 e. The number of fused-ring (bicyclic) bond motifs is 2. The molecule has 18 heteroatoms. The number of alkyl carbamates (subject to hydrolysis) is 2. The molecule has 4 amide bonds. The lowest BCUT2D eigenvalue weighted by molar-refractivity contribution is -0.135. The number of nitrogens with zero attached hydrogens (tertiary/aromatic N) is 4. The van der Waals surface area contributed by atoms with Crippen LogP contribution in [0.15, 0.2) is 85.2 Å². The van der Waals surface area contributed by atoms with Crippen molar-refractivity contribution in [2.45, 2.75) is 51.9 Å². The normalized spacial score (nSPS) is 12.1. The summed E-state index contributed by atoms with van der Waals surface area (Å²) in [5.41, 5.74) is 2.80. The molecule has 4 N–H and O–H groups in total. The third-order valence-corrected chi connectivity index (χ3v) is 12.8. The first-order valence-corrected chi connectivity index (χ1v) is 22.3. The first-order chi connectivity index (χ1) is 31.1. The van der Waals surface area contributed by atoms with Gasteiger partial charge in [0.1, 0.15) is 35.2 Å². The zero-order valence-electron chi connectivity index (χ0n) is 36.4. The average Bonchev–Trinajstić information content (AvgIpc) is 4.16. The molecule has 0 aliphatic carbocycles. The lowest BCUT2D eigenvalue weighted by atomic mass is 10.1. The fraction of sp³-hybridized carbons (Fsp3) is 0.304. The van der Waals surface area contributed by atoms with Gasteiger partial charge in [-0.2, -0.15) is 0 Å². The second kappa shape index (κ2) is 20.5. The summed E-state index contributed by atoms with van der Waals surface area (Å²) in [6.45, 7) is 5.24. The molecule has 2 atom stereocenters. The van der Waals surface area contributed by atoms with Crippen LogP contribution in [-0.2, 0) is 32.2 Å². The van der Waals surface area contributed by atoms with Crippen molar-refractivity contribution in [2.75, 3.05) is 41.5 Å². The highest BCUT2D eigenvalue weighted by Gasteiger charge is 2.30. The Morgan fingerprint density at radius 3 is 1.36 bits per heavy atom. The van der Waals surface area contributed by atoms with Crippen molar-refractivity contribution in [2.24, 2.45) is 0 Å². The number of H-pyrrole nitrogens is 2. The predicted molar refractivity (Wildman–Crippen MR) is 246 cm³/mol. The van der Waals surface area contributed by atoms with Gasteiger partial charge in [-0.3, -0.25) is 9.59 Å². The third kappa shape index (κ3) is 9.67. The molecular weight excluding hydrogens is 857 g/mol. The molecule has 0 saturated heterocycles. The summed E-state index contributed by atoms with van der Waals surface area (Å²) in [5, 5.41) is 7.12. The Labute approximate surface area is 377 Å². The van der Waals surface area contributed by atoms with Gasteiger partial charge in [0, 0.05) is 23.9 Å². The van der Waals surface area contributed by atoms with Crippen LogP contribution in [0.4, 0.5) is 9.59 Å². The molecule has 16 nitrogen and oxygen atoms in total. The van der Waals surface area contributed by atoms with Gasteiger partial charge >= 0.3 is 12.2 Å². The Hall–Kier alpha value is -6.92. The van der Waals surface area contributed by atoms with E-state index < -0.39 is 24.3 Å². The number of imidazole rings is 2. The summed E-state index contributed by atoms with van der Waals surface area (Å²) >= 11 is 3.06. The number of thiophene rings is 2. The molecule has 0 saturated carbocycles. The molecule has 334 valence electrons. The summed E-state index contributed by atoms with van der Waals surface area (Å²) in [4.78, 5) is 73.8. The lowest BCUT2D eigenvalue weighted by Gasteiger charge is -2.27. The van der Waals surface area contributed by atoms with Crippen molar-refractivity contribution in [3.63, 3.8) is 0 Å². The third-order valence-electron chi connectivity index (χ3n) is 10.5. The highest BCUT2D eigenvalue weighted by molar-refractivity contribution is 7.24. The molecule has 2 unspecified atom stereocenters. The van der Waals surface area contributed by atoms with Gasteiger partial charge in [-0.15, -0.1) is 22.7 Å². The minimum atomic E-state index is -0.940. The van der Waals surface area contributed by atoms with Crippen LogP contribution >= 0.6 is 22.7 Å². The van der Waals surface area contributed by atoms with Gasteiger partial charge in [-0.1, -0.05) is 74.5 Å². The Bertz CT molecular complexity index is 2490. The summed E-state index contributed by atoms with van der Waals surface area (Å²) in [6, 6.07) is 20.3. The Kier molecular flexibility index (Phi) is 14.5. The van der Waals surface area contributed by atoms with E-state index in [1.54, 1.807) is 60.7 Å². The molecule has 0 spiro atoms. The summed E-state index contributed by atoms with van der Waals surface area (Å²) < 4.78 is 23.6. The van der Waals surface area contributed by atoms with E-state index in [9.17, 15) is 19.2 Å². The lowest BCUT2D eigenvalue weighted by Crippen LogP contribution is -2.43. The summed E-state index contributed by atoms with van der Waals surface area (Å²) in [6.07, 6.45) is 3.48. The van der Waals surface area contributed by atoms with Crippen molar-refractivity contribution >= 4 is 66.8 Å². The van der Waals surface area contributed by atoms with E-state index in [4.69, 9.17) is 18.9 Å². The Morgan fingerprint density at radius 1 is 0.625 bits per heavy atom. The SMILES string of the molecule is CCCN(Cc1ncc(-c2cc3c(OC)c4sc(-c5cnc(CN(CCC)C(=O)C(NC(=O)OC)c6ccccc6)[nH]5)cc4c(OC)c3s2)[nH]1)C(=O)C(NC(=O)OC)c1ccccc1. The van der Waals surface area contributed by atoms with Crippen molar-refractivity contribution in [1.29, 1.82) is 0 Å². The first-order valence-electron chi connectivity index (χ1n) is 20.7. The van der Waals surface area contributed by atoms with Crippen LogP contribution in [0.5, 0.6) is 11.5 Å². The van der Waals surface area contributed by atoms with Gasteiger partial charge in [0.05, 0.1) is 84.5 Å². The second-order valence-electron chi connectivity index (χ2n) is 14.7. The molecule has 4 aromatic heterocycles. The minimum absolute atomic E-state index is 0.192. The number of nitrogens with one attached hydrogen (secondary N) is 4. The average molecular weight is 907 g/mol. The van der Waals surface area contributed by atoms with Crippen LogP contribution in [0, 0.1) is 0 Å². The molecule has 0 bridgehead atoms. The predicted octanol–water partition coefficient (Wildman–Crippen LogP) is 8.59. The van der Waals surface area contributed by atoms with Gasteiger partial charge in [-0.25, -0.2) is 19.6 Å². The molecule has 3 aromatic carbocycles. The number of hydrogen-bond donors (Lipinski definition) is 4. The molecule has 0 aliphatic heterocycles. The molecular formula is C46H50N8O8S2. The number of amides is 4. The fourth-order valence-electron chi connectivity index (χ4n) is 7.53. The number of carbonyl (C=O) groups is 4. The number of rotatable bonds is 18. The molecule has 0 aliphatic rings. The van der Waals surface area contributed by atoms with Crippen molar-refractivity contribution in [3.05, 3.63) is 108 Å². The van der Waals surface area contributed by atoms with Gasteiger partial charge in [0.15, 0.2) is 0 Å². The first kappa shape index (κ1) is 45.1. The Balaban J connectivity index is 1.14. The highest BCUT2D eigenvalue weighted by atomic mass is 32.1. The molecule has 0 fully saturated rings. The number of aromatic amines is 2. The van der Waals surface area contributed by atoms with E-state index in [1.165, 1.54) is 36.9 Å². The van der Waals surface area contributed by atoms with Crippen molar-refractivity contribution in [1.82, 2.24) is 40.4 Å². The zero-order valence-corrected chi connectivity index (χ0v) is 38.0. The van der Waals surface area contributed by atoms with Crippen molar-refractivity contribution < 1.29 is 38.1 Å². The quantitative estimate of drug-likeness (QED) is 0.0648. The Morgan fingerprint density at radius 2 is 1.02 bits per heavy atom. The van der Waals surface area contributed by atoms with Crippen LogP contribution in [0.1, 0.15) is 61.5 Å². The highest BCUT2D eigenvalue weighted by Crippen LogP contribution is 2.52. The van der Waals surface area contributed by atoms with Gasteiger partial charge in [0.2, 0.25) is 11.8 Å². The van der Waals surface area contributed by atoms with Crippen LogP contribution in [0.3, 0.4) is 0 Å². The van der Waals surface area contributed by atoms with Crippen LogP contribution in [0.2, 0.25) is 0 Å². The second-order valence-corrected chi connectivity index (χ2v) is 16.8. The van der Waals surface area contributed by atoms with E-state index in [2.05, 4.69) is 30.6 Å². The van der Waals surface area contributed by atoms with Gasteiger partial charge < -0.3 is 49.3 Å². The number of benzene rings is 3. The van der Waals surface area contributed by atoms with Crippen molar-refractivity contribution in [3.8, 4) is 32.6 Å². The van der Waals surface area contributed by atoms with E-state index >= 15 is 0 Å².